The van der Waals surface area contributed by atoms with E-state index in [1.165, 1.54) is 0 Å². The Morgan fingerprint density at radius 2 is 2.13 bits per heavy atom. The van der Waals surface area contributed by atoms with Crippen LogP contribution in [0, 0.1) is 5.41 Å². The lowest BCUT2D eigenvalue weighted by molar-refractivity contribution is -0.126. The van der Waals surface area contributed by atoms with Crippen LogP contribution in [-0.4, -0.2) is 30.7 Å². The highest BCUT2D eigenvalue weighted by molar-refractivity contribution is 7.80. The molecule has 1 unspecified atom stereocenters. The van der Waals surface area contributed by atoms with Gasteiger partial charge in [-0.25, -0.2) is 0 Å². The number of ether oxygens (including phenoxy) is 1. The molecule has 0 heterocycles. The number of methoxy groups -OCH3 is 1. The zero-order chi connectivity index (χ0) is 12.1. The highest BCUT2D eigenvalue weighted by Crippen LogP contribution is 2.15. The molecule has 0 aromatic carbocycles. The summed E-state index contributed by atoms with van der Waals surface area (Å²) in [6, 6.07) is 0.0612. The average Bonchev–Trinajstić information content (AvgIpc) is 2.14. The van der Waals surface area contributed by atoms with Gasteiger partial charge in [0.25, 0.3) is 0 Å². The number of nitrogens with two attached hydrogens (primary N) is 1. The quantitative estimate of drug-likeness (QED) is 0.666. The fourth-order valence-electron chi connectivity index (χ4n) is 0.883. The van der Waals surface area contributed by atoms with E-state index >= 15 is 0 Å². The van der Waals surface area contributed by atoms with Crippen molar-refractivity contribution in [3.05, 3.63) is 0 Å². The third kappa shape index (κ3) is 4.57. The fourth-order valence-corrected chi connectivity index (χ4v) is 0.976. The molecule has 88 valence electrons. The van der Waals surface area contributed by atoms with E-state index in [-0.39, 0.29) is 16.9 Å². The standard InChI is InChI=1S/C10H20N2O2S/c1-7(5-6-14-4)12-9(13)10(2,3)8(11)15/h7H,5-6H2,1-4H3,(H2,11,15)(H,12,13). The van der Waals surface area contributed by atoms with Crippen LogP contribution in [0.2, 0.25) is 0 Å². The van der Waals surface area contributed by atoms with Crippen molar-refractivity contribution >= 4 is 23.1 Å². The highest BCUT2D eigenvalue weighted by atomic mass is 32.1. The second-order valence-electron chi connectivity index (χ2n) is 4.15. The maximum absolute atomic E-state index is 11.8. The second kappa shape index (κ2) is 6.02. The molecule has 0 radical (unpaired) electrons. The monoisotopic (exact) mass is 232 g/mol. The van der Waals surface area contributed by atoms with Gasteiger partial charge < -0.3 is 15.8 Å². The van der Waals surface area contributed by atoms with Crippen LogP contribution in [0.4, 0.5) is 0 Å². The predicted octanol–water partition coefficient (Wildman–Crippen LogP) is 0.840. The summed E-state index contributed by atoms with van der Waals surface area (Å²) in [6.45, 7) is 5.98. The number of carbonyl (C=O) groups excluding carboxylic acids is 1. The van der Waals surface area contributed by atoms with Gasteiger partial charge in [-0.1, -0.05) is 12.2 Å². The number of hydrogen-bond acceptors (Lipinski definition) is 3. The smallest absolute Gasteiger partial charge is 0.232 e. The summed E-state index contributed by atoms with van der Waals surface area (Å²) in [7, 11) is 1.63. The van der Waals surface area contributed by atoms with Gasteiger partial charge in [0.15, 0.2) is 0 Å². The molecule has 0 aromatic rings. The summed E-state index contributed by atoms with van der Waals surface area (Å²) in [5.74, 6) is -0.140. The maximum atomic E-state index is 11.8. The van der Waals surface area contributed by atoms with Gasteiger partial charge in [-0.15, -0.1) is 0 Å². The van der Waals surface area contributed by atoms with Crippen molar-refractivity contribution in [2.24, 2.45) is 11.1 Å². The van der Waals surface area contributed by atoms with Crippen LogP contribution >= 0.6 is 12.2 Å². The molecule has 0 saturated heterocycles. The molecule has 3 N–H and O–H groups in total. The molecule has 0 aliphatic rings. The normalized spacial score (nSPS) is 13.3. The summed E-state index contributed by atoms with van der Waals surface area (Å²) in [5.41, 5.74) is 4.70. The van der Waals surface area contributed by atoms with Crippen LogP contribution in [0.3, 0.4) is 0 Å². The topological polar surface area (TPSA) is 64.3 Å². The van der Waals surface area contributed by atoms with Crippen molar-refractivity contribution < 1.29 is 9.53 Å². The lowest BCUT2D eigenvalue weighted by atomic mass is 9.92. The van der Waals surface area contributed by atoms with Gasteiger partial charge in [-0.3, -0.25) is 4.79 Å². The first-order valence-corrected chi connectivity index (χ1v) is 5.33. The highest BCUT2D eigenvalue weighted by Gasteiger charge is 2.31. The first-order valence-electron chi connectivity index (χ1n) is 4.92. The Kier molecular flexibility index (Phi) is 5.75. The first kappa shape index (κ1) is 14.3. The third-order valence-electron chi connectivity index (χ3n) is 2.32. The van der Waals surface area contributed by atoms with Gasteiger partial charge in [0.2, 0.25) is 5.91 Å². The van der Waals surface area contributed by atoms with Crippen molar-refractivity contribution in [3.63, 3.8) is 0 Å². The number of hydrogen-bond donors (Lipinski definition) is 2. The first-order chi connectivity index (χ1) is 6.82. The van der Waals surface area contributed by atoms with Gasteiger partial charge in [0.05, 0.1) is 10.4 Å². The van der Waals surface area contributed by atoms with Gasteiger partial charge >= 0.3 is 0 Å². The number of carbonyl (C=O) groups is 1. The Morgan fingerprint density at radius 3 is 2.53 bits per heavy atom. The molecule has 0 aliphatic heterocycles. The number of thiocarbonyl (C=S) groups is 1. The summed E-state index contributed by atoms with van der Waals surface area (Å²) in [4.78, 5) is 12.0. The van der Waals surface area contributed by atoms with Crippen LogP contribution in [0.25, 0.3) is 0 Å². The summed E-state index contributed by atoms with van der Waals surface area (Å²) in [6.07, 6.45) is 0.773. The predicted molar refractivity (Wildman–Crippen MR) is 64.7 cm³/mol. The second-order valence-corrected chi connectivity index (χ2v) is 4.59. The van der Waals surface area contributed by atoms with Crippen LogP contribution in [0.5, 0.6) is 0 Å². The van der Waals surface area contributed by atoms with Crippen LogP contribution in [-0.2, 0) is 9.53 Å². The molecular formula is C10H20N2O2S. The molecule has 0 aliphatic carbocycles. The largest absolute Gasteiger partial charge is 0.392 e. The average molecular weight is 232 g/mol. The Morgan fingerprint density at radius 1 is 1.60 bits per heavy atom. The molecule has 5 heteroatoms. The van der Waals surface area contributed by atoms with E-state index < -0.39 is 5.41 Å². The number of amides is 1. The Balaban J connectivity index is 4.18. The van der Waals surface area contributed by atoms with Gasteiger partial charge in [-0.05, 0) is 27.2 Å². The van der Waals surface area contributed by atoms with Crippen molar-refractivity contribution in [1.82, 2.24) is 5.32 Å². The molecule has 4 nitrogen and oxygen atoms in total. The fraction of sp³-hybridized carbons (Fsp3) is 0.800. The molecule has 15 heavy (non-hydrogen) atoms. The molecule has 1 amide bonds. The molecule has 0 bridgehead atoms. The maximum Gasteiger partial charge on any atom is 0.232 e. The molecule has 0 spiro atoms. The minimum Gasteiger partial charge on any atom is -0.392 e. The zero-order valence-electron chi connectivity index (χ0n) is 9.79. The summed E-state index contributed by atoms with van der Waals surface area (Å²) < 4.78 is 4.93. The minimum absolute atomic E-state index is 0.0612. The molecular weight excluding hydrogens is 212 g/mol. The van der Waals surface area contributed by atoms with E-state index in [0.29, 0.717) is 6.61 Å². The number of rotatable bonds is 6. The molecule has 1 atom stereocenters. The molecule has 0 saturated carbocycles. The SMILES string of the molecule is COCCC(C)NC(=O)C(C)(C)C(N)=S. The zero-order valence-corrected chi connectivity index (χ0v) is 10.6. The van der Waals surface area contributed by atoms with Crippen LogP contribution in [0.15, 0.2) is 0 Å². The lowest BCUT2D eigenvalue weighted by Crippen LogP contribution is -2.47. The molecule has 0 aromatic heterocycles. The molecule has 0 fully saturated rings. The Bertz CT molecular complexity index is 242. The van der Waals surface area contributed by atoms with Crippen molar-refractivity contribution in [1.29, 1.82) is 0 Å². The van der Waals surface area contributed by atoms with Crippen LogP contribution in [0.1, 0.15) is 27.2 Å². The molecule has 0 rings (SSSR count). The van der Waals surface area contributed by atoms with Gasteiger partial charge in [-0.2, -0.15) is 0 Å². The van der Waals surface area contributed by atoms with Crippen molar-refractivity contribution in [2.45, 2.75) is 33.2 Å². The van der Waals surface area contributed by atoms with Crippen molar-refractivity contribution in [2.75, 3.05) is 13.7 Å². The summed E-state index contributed by atoms with van der Waals surface area (Å²) in [5, 5.41) is 2.85. The van der Waals surface area contributed by atoms with E-state index in [9.17, 15) is 4.79 Å². The lowest BCUT2D eigenvalue weighted by Gasteiger charge is -2.24. The van der Waals surface area contributed by atoms with E-state index in [0.717, 1.165) is 6.42 Å². The van der Waals surface area contributed by atoms with Gasteiger partial charge in [0.1, 0.15) is 0 Å². The Hall–Kier alpha value is -0.680. The van der Waals surface area contributed by atoms with E-state index in [1.807, 2.05) is 6.92 Å². The van der Waals surface area contributed by atoms with E-state index in [2.05, 4.69) is 5.32 Å². The van der Waals surface area contributed by atoms with Crippen LogP contribution < -0.4 is 11.1 Å². The van der Waals surface area contributed by atoms with Gasteiger partial charge in [0, 0.05) is 19.8 Å². The summed E-state index contributed by atoms with van der Waals surface area (Å²) >= 11 is 4.84. The Labute approximate surface area is 96.5 Å². The van der Waals surface area contributed by atoms with Crippen molar-refractivity contribution in [3.8, 4) is 0 Å². The third-order valence-corrected chi connectivity index (χ3v) is 2.83. The minimum atomic E-state index is -0.795. The van der Waals surface area contributed by atoms with E-state index in [1.54, 1.807) is 21.0 Å². The van der Waals surface area contributed by atoms with E-state index in [4.69, 9.17) is 22.7 Å². The number of nitrogens with one attached hydrogen (secondary N) is 1.